The lowest BCUT2D eigenvalue weighted by atomic mass is 9.90. The second-order valence-electron chi connectivity index (χ2n) is 11.2. The molecule has 0 aliphatic carbocycles. The number of hydrogen-bond acceptors (Lipinski definition) is 4. The van der Waals surface area contributed by atoms with Crippen molar-refractivity contribution < 1.29 is 9.13 Å². The summed E-state index contributed by atoms with van der Waals surface area (Å²) in [5.74, 6) is 0.994. The molecule has 6 rings (SSSR count). The van der Waals surface area contributed by atoms with E-state index in [4.69, 9.17) is 4.74 Å². The van der Waals surface area contributed by atoms with Gasteiger partial charge in [0, 0.05) is 42.4 Å². The number of hydrogen-bond donors (Lipinski definition) is 1. The molecular weight excluding hydrogens is 507 g/mol. The molecule has 0 amide bonds. The fraction of sp³-hybridized carbons (Fsp3) is 0.438. The Balaban J connectivity index is 1.14. The van der Waals surface area contributed by atoms with E-state index in [0.717, 1.165) is 75.1 Å². The van der Waals surface area contributed by atoms with E-state index in [0.29, 0.717) is 36.6 Å². The van der Waals surface area contributed by atoms with Gasteiger partial charge in [-0.3, -0.25) is 13.9 Å². The molecule has 8 heteroatoms. The molecule has 210 valence electrons. The van der Waals surface area contributed by atoms with E-state index < -0.39 is 0 Å². The van der Waals surface area contributed by atoms with Crippen LogP contribution in [0.3, 0.4) is 0 Å². The Morgan fingerprint density at radius 3 is 2.65 bits per heavy atom. The molecule has 0 spiro atoms. The van der Waals surface area contributed by atoms with Crippen molar-refractivity contribution >= 4 is 10.9 Å². The smallest absolute Gasteiger partial charge is 0.331 e. The van der Waals surface area contributed by atoms with Crippen LogP contribution in [-0.2, 0) is 19.5 Å². The average Bonchev–Trinajstić information content (AvgIpc) is 3.41. The molecule has 0 bridgehead atoms. The van der Waals surface area contributed by atoms with E-state index in [2.05, 4.69) is 28.2 Å². The number of methoxy groups -OCH3 is 1. The Labute approximate surface area is 233 Å². The van der Waals surface area contributed by atoms with Crippen molar-refractivity contribution in [3.63, 3.8) is 0 Å². The van der Waals surface area contributed by atoms with Gasteiger partial charge in [-0.25, -0.2) is 9.18 Å². The lowest BCUT2D eigenvalue weighted by Gasteiger charge is -2.32. The molecule has 0 saturated carbocycles. The van der Waals surface area contributed by atoms with Crippen molar-refractivity contribution in [3.05, 3.63) is 86.6 Å². The maximum Gasteiger partial charge on any atom is 0.331 e. The lowest BCUT2D eigenvalue weighted by Crippen LogP contribution is -2.44. The highest BCUT2D eigenvalue weighted by Gasteiger charge is 2.25. The maximum absolute atomic E-state index is 13.6. The van der Waals surface area contributed by atoms with Crippen LogP contribution in [0.1, 0.15) is 55.7 Å². The van der Waals surface area contributed by atoms with Crippen LogP contribution >= 0.6 is 0 Å². The Morgan fingerprint density at radius 1 is 1.00 bits per heavy atom. The second-order valence-corrected chi connectivity index (χ2v) is 11.2. The van der Waals surface area contributed by atoms with Gasteiger partial charge in [0.05, 0.1) is 12.7 Å². The van der Waals surface area contributed by atoms with Crippen molar-refractivity contribution in [2.75, 3.05) is 26.7 Å². The molecule has 1 saturated heterocycles. The highest BCUT2D eigenvalue weighted by atomic mass is 19.1. The Morgan fingerprint density at radius 2 is 1.82 bits per heavy atom. The first-order valence-electron chi connectivity index (χ1n) is 14.5. The summed E-state index contributed by atoms with van der Waals surface area (Å²) in [6.45, 7) is 4.02. The number of likely N-dealkylation sites (tertiary alicyclic amines) is 1. The van der Waals surface area contributed by atoms with Gasteiger partial charge >= 0.3 is 5.69 Å². The van der Waals surface area contributed by atoms with E-state index in [9.17, 15) is 14.0 Å². The van der Waals surface area contributed by atoms with E-state index in [-0.39, 0.29) is 17.1 Å². The normalized spacial score (nSPS) is 17.7. The van der Waals surface area contributed by atoms with Gasteiger partial charge in [-0.2, -0.15) is 0 Å². The number of ether oxygens (including phenoxy) is 1. The number of H-pyrrole nitrogens is 1. The first kappa shape index (κ1) is 26.6. The molecule has 1 fully saturated rings. The van der Waals surface area contributed by atoms with Crippen LogP contribution in [0.15, 0.2) is 58.3 Å². The third-order valence-electron chi connectivity index (χ3n) is 8.69. The highest BCUT2D eigenvalue weighted by molar-refractivity contribution is 5.85. The van der Waals surface area contributed by atoms with Gasteiger partial charge in [0.2, 0.25) is 0 Å². The van der Waals surface area contributed by atoms with Gasteiger partial charge in [0.25, 0.3) is 5.56 Å². The molecule has 1 atom stereocenters. The van der Waals surface area contributed by atoms with Gasteiger partial charge in [0.1, 0.15) is 11.6 Å². The fourth-order valence-electron chi connectivity index (χ4n) is 6.60. The second kappa shape index (κ2) is 11.5. The summed E-state index contributed by atoms with van der Waals surface area (Å²) in [6.07, 6.45) is 8.68. The molecule has 2 aliphatic rings. The molecule has 1 unspecified atom stereocenters. The maximum atomic E-state index is 13.6. The number of nitrogens with one attached hydrogen (secondary N) is 1. The van der Waals surface area contributed by atoms with Gasteiger partial charge in [-0.15, -0.1) is 0 Å². The number of unbranched alkanes of at least 4 members (excludes halogenated alkanes) is 1. The summed E-state index contributed by atoms with van der Waals surface area (Å²) in [4.78, 5) is 32.9. The topological polar surface area (TPSA) is 72.3 Å². The predicted molar refractivity (Wildman–Crippen MR) is 156 cm³/mol. The minimum absolute atomic E-state index is 0.210. The van der Waals surface area contributed by atoms with E-state index in [1.807, 2.05) is 6.07 Å². The first-order chi connectivity index (χ1) is 19.5. The monoisotopic (exact) mass is 544 g/mol. The molecule has 2 aromatic heterocycles. The Bertz CT molecular complexity index is 1620. The van der Waals surface area contributed by atoms with Crippen LogP contribution in [0.5, 0.6) is 5.75 Å². The zero-order valence-corrected chi connectivity index (χ0v) is 23.1. The molecule has 0 radical (unpaired) electrons. The zero-order chi connectivity index (χ0) is 27.6. The summed E-state index contributed by atoms with van der Waals surface area (Å²) < 4.78 is 22.2. The Hall–Kier alpha value is -3.65. The lowest BCUT2D eigenvalue weighted by molar-refractivity contribution is 0.204. The number of aromatic amines is 1. The minimum Gasteiger partial charge on any atom is -0.497 e. The third kappa shape index (κ3) is 5.12. The molecule has 4 heterocycles. The molecule has 1 N–H and O–H groups in total. The van der Waals surface area contributed by atoms with Gasteiger partial charge in [-0.05, 0) is 105 Å². The van der Waals surface area contributed by atoms with Crippen molar-refractivity contribution in [2.45, 2.75) is 64.0 Å². The van der Waals surface area contributed by atoms with E-state index in [1.54, 1.807) is 23.8 Å². The summed E-state index contributed by atoms with van der Waals surface area (Å²) in [7, 11) is 1.70. The standard InChI is InChI=1S/C32H37FN4O3/c1-40-25-13-14-28-26(19-25)27(20-34-28)23-7-6-16-35(21-23)15-4-5-18-37-31(38)30(22-9-11-24(33)12-10-22)29-8-2-3-17-36(29)32(37)39/h9-14,19-20,23,34H,2-8,15-18,21H2,1H3. The predicted octanol–water partition coefficient (Wildman–Crippen LogP) is 5.30. The minimum atomic E-state index is -0.338. The van der Waals surface area contributed by atoms with Crippen LogP contribution in [0.25, 0.3) is 22.0 Å². The van der Waals surface area contributed by atoms with Crippen molar-refractivity contribution in [1.82, 2.24) is 19.0 Å². The fourth-order valence-corrected chi connectivity index (χ4v) is 6.60. The van der Waals surface area contributed by atoms with E-state index in [1.165, 1.54) is 27.6 Å². The molecule has 2 aromatic carbocycles. The van der Waals surface area contributed by atoms with Crippen LogP contribution < -0.4 is 16.0 Å². The number of benzene rings is 2. The Kier molecular flexibility index (Phi) is 7.61. The molecule has 2 aliphatic heterocycles. The van der Waals surface area contributed by atoms with Crippen molar-refractivity contribution in [2.24, 2.45) is 0 Å². The summed E-state index contributed by atoms with van der Waals surface area (Å²) in [5.41, 5.74) is 4.04. The number of piperidine rings is 1. The van der Waals surface area contributed by atoms with Gasteiger partial charge < -0.3 is 14.6 Å². The molecular formula is C32H37FN4O3. The van der Waals surface area contributed by atoms with Crippen LogP contribution in [0.4, 0.5) is 4.39 Å². The number of aromatic nitrogens is 3. The van der Waals surface area contributed by atoms with Crippen LogP contribution in [-0.4, -0.2) is 45.8 Å². The summed E-state index contributed by atoms with van der Waals surface area (Å²) in [6, 6.07) is 12.2. The summed E-state index contributed by atoms with van der Waals surface area (Å²) in [5, 5.41) is 1.23. The van der Waals surface area contributed by atoms with Crippen LogP contribution in [0.2, 0.25) is 0 Å². The summed E-state index contributed by atoms with van der Waals surface area (Å²) >= 11 is 0. The zero-order valence-electron chi connectivity index (χ0n) is 23.1. The first-order valence-corrected chi connectivity index (χ1v) is 14.5. The number of fused-ring (bicyclic) bond motifs is 2. The van der Waals surface area contributed by atoms with Gasteiger partial charge in [-0.1, -0.05) is 12.1 Å². The number of rotatable bonds is 8. The van der Waals surface area contributed by atoms with E-state index >= 15 is 0 Å². The average molecular weight is 545 g/mol. The largest absolute Gasteiger partial charge is 0.497 e. The number of halogens is 1. The van der Waals surface area contributed by atoms with Crippen molar-refractivity contribution in [1.29, 1.82) is 0 Å². The highest BCUT2D eigenvalue weighted by Crippen LogP contribution is 2.34. The van der Waals surface area contributed by atoms with Gasteiger partial charge in [0.15, 0.2) is 0 Å². The number of nitrogens with zero attached hydrogens (tertiary/aromatic N) is 3. The van der Waals surface area contributed by atoms with Crippen LogP contribution in [0, 0.1) is 5.82 Å². The molecule has 4 aromatic rings. The molecule has 7 nitrogen and oxygen atoms in total. The third-order valence-corrected chi connectivity index (χ3v) is 8.69. The SMILES string of the molecule is COc1ccc2[nH]cc(C3CCCN(CCCCn4c(=O)c(-c5ccc(F)cc5)c5n(c4=O)CCCC5)C3)c2c1. The van der Waals surface area contributed by atoms with Crippen molar-refractivity contribution in [3.8, 4) is 16.9 Å². The quantitative estimate of drug-likeness (QED) is 0.306. The molecule has 40 heavy (non-hydrogen) atoms.